The molecule has 14 nitrogen and oxygen atoms in total. The SMILES string of the molecule is COc1ccc2cc1Oc1cc(ccc1OC)C(OC(C)=O)C13SSC4(C(=O)N1C)C(OC(C)=O)C1=COC=CC(OC2=O)C1N4C3=O. The number of methoxy groups -OCH3 is 2. The lowest BCUT2D eigenvalue weighted by molar-refractivity contribution is -0.182. The highest BCUT2D eigenvalue weighted by molar-refractivity contribution is 8.78. The molecule has 2 aromatic carbocycles. The molecule has 250 valence electrons. The number of carbonyl (C=O) groups is 5. The minimum atomic E-state index is -1.89. The van der Waals surface area contributed by atoms with Crippen molar-refractivity contribution >= 4 is 51.3 Å². The average Bonchev–Trinajstić information content (AvgIpc) is 3.17. The largest absolute Gasteiger partial charge is 0.493 e. The molecule has 2 spiro atoms. The summed E-state index contributed by atoms with van der Waals surface area (Å²) in [5.74, 6) is -2.69. The van der Waals surface area contributed by atoms with Gasteiger partial charge in [-0.05, 0) is 58.0 Å². The van der Waals surface area contributed by atoms with Crippen molar-refractivity contribution in [1.82, 2.24) is 9.80 Å². The molecular weight excluding hydrogens is 668 g/mol. The number of hydrogen-bond acceptors (Lipinski definition) is 14. The van der Waals surface area contributed by atoms with Crippen LogP contribution in [0.5, 0.6) is 23.0 Å². The van der Waals surface area contributed by atoms with E-state index in [2.05, 4.69) is 0 Å². The molecule has 0 saturated carbocycles. The van der Waals surface area contributed by atoms with E-state index in [4.69, 9.17) is 33.2 Å². The minimum Gasteiger partial charge on any atom is -0.493 e. The van der Waals surface area contributed by atoms with Gasteiger partial charge < -0.3 is 43.0 Å². The third-order valence-corrected chi connectivity index (χ3v) is 12.3. The lowest BCUT2D eigenvalue weighted by Gasteiger charge is -2.60. The van der Waals surface area contributed by atoms with Crippen molar-refractivity contribution in [3.05, 3.63) is 71.7 Å². The van der Waals surface area contributed by atoms with Gasteiger partial charge in [0.1, 0.15) is 12.1 Å². The number of ether oxygens (including phenoxy) is 7. The molecule has 4 saturated heterocycles. The van der Waals surface area contributed by atoms with Crippen LogP contribution >= 0.6 is 21.6 Å². The molecule has 2 amide bonds. The second kappa shape index (κ2) is 11.4. The molecule has 0 aliphatic carbocycles. The van der Waals surface area contributed by atoms with Gasteiger partial charge in [0.15, 0.2) is 35.2 Å². The highest BCUT2D eigenvalue weighted by atomic mass is 33.1. The maximum atomic E-state index is 15.2. The van der Waals surface area contributed by atoms with Gasteiger partial charge in [-0.1, -0.05) is 6.07 Å². The van der Waals surface area contributed by atoms with Crippen LogP contribution in [-0.2, 0) is 38.1 Å². The topological polar surface area (TPSA) is 156 Å². The van der Waals surface area contributed by atoms with Crippen LogP contribution in [0, 0.1) is 0 Å². The summed E-state index contributed by atoms with van der Waals surface area (Å²) in [4.78, 5) is 67.8. The molecular formula is C32H28N2O12S2. The predicted octanol–water partition coefficient (Wildman–Crippen LogP) is 3.47. The van der Waals surface area contributed by atoms with Crippen molar-refractivity contribution in [3.63, 3.8) is 0 Å². The highest BCUT2D eigenvalue weighted by Crippen LogP contribution is 2.68. The zero-order valence-corrected chi connectivity index (χ0v) is 27.7. The summed E-state index contributed by atoms with van der Waals surface area (Å²) in [5, 5.41) is 0. The molecule has 8 rings (SSSR count). The van der Waals surface area contributed by atoms with E-state index in [9.17, 15) is 19.2 Å². The fourth-order valence-electron chi connectivity index (χ4n) is 6.63. The van der Waals surface area contributed by atoms with Crippen molar-refractivity contribution in [3.8, 4) is 23.0 Å². The number of piperazine rings is 1. The molecule has 6 aliphatic rings. The molecule has 0 N–H and O–H groups in total. The number of likely N-dealkylation sites (N-methyl/N-ethyl adjacent to an activating group) is 1. The second-order valence-corrected chi connectivity index (χ2v) is 13.9. The Morgan fingerprint density at radius 3 is 2.19 bits per heavy atom. The van der Waals surface area contributed by atoms with Crippen LogP contribution in [0.3, 0.4) is 0 Å². The number of hydrogen-bond donors (Lipinski definition) is 0. The summed E-state index contributed by atoms with van der Waals surface area (Å²) in [6, 6.07) is 7.96. The number of carbonyl (C=O) groups excluding carboxylic acids is 5. The standard InChI is InChI=1S/C32H28N2O12S2/c1-15(35)43-26-17-6-8-20(40-4)23(12-17)45-24-13-18(7-9-21(24)41-5)28(37)46-22-10-11-42-14-19-25(22)34-30(39)31(26)33(3)29(38)32(34,48-47-31)27(19)44-16(2)36/h6-14,22,25-27H,1-5H3. The van der Waals surface area contributed by atoms with E-state index in [1.54, 1.807) is 12.1 Å². The first-order valence-electron chi connectivity index (χ1n) is 14.6. The van der Waals surface area contributed by atoms with Crippen LogP contribution < -0.4 is 14.2 Å². The summed E-state index contributed by atoms with van der Waals surface area (Å²) in [6.07, 6.45) is 0.0508. The molecule has 48 heavy (non-hydrogen) atoms. The van der Waals surface area contributed by atoms with Gasteiger partial charge in [0, 0.05) is 32.0 Å². The normalized spacial score (nSPS) is 29.7. The van der Waals surface area contributed by atoms with Crippen LogP contribution in [0.1, 0.15) is 35.9 Å². The van der Waals surface area contributed by atoms with Gasteiger partial charge in [-0.2, -0.15) is 0 Å². The number of amides is 2. The van der Waals surface area contributed by atoms with E-state index < -0.39 is 63.8 Å². The molecule has 6 atom stereocenters. The Bertz CT molecular complexity index is 1850. The van der Waals surface area contributed by atoms with Crippen LogP contribution in [0.4, 0.5) is 0 Å². The maximum absolute atomic E-state index is 15.2. The van der Waals surface area contributed by atoms with Crippen molar-refractivity contribution in [2.75, 3.05) is 21.3 Å². The number of nitrogens with zero attached hydrogens (tertiary/aromatic N) is 2. The molecule has 6 aliphatic heterocycles. The smallest absolute Gasteiger partial charge is 0.338 e. The van der Waals surface area contributed by atoms with Crippen molar-refractivity contribution in [2.45, 2.75) is 47.9 Å². The number of benzene rings is 2. The van der Waals surface area contributed by atoms with Crippen LogP contribution in [0.2, 0.25) is 0 Å². The van der Waals surface area contributed by atoms with E-state index >= 15 is 4.79 Å². The summed E-state index contributed by atoms with van der Waals surface area (Å²) < 4.78 is 40.7. The molecule has 2 aromatic rings. The van der Waals surface area contributed by atoms with E-state index in [1.165, 1.54) is 87.8 Å². The van der Waals surface area contributed by atoms with Crippen LogP contribution in [0.25, 0.3) is 0 Å². The summed E-state index contributed by atoms with van der Waals surface area (Å²) in [7, 11) is 6.28. The Balaban J connectivity index is 1.53. The van der Waals surface area contributed by atoms with Crippen molar-refractivity contribution in [1.29, 1.82) is 0 Å². The van der Waals surface area contributed by atoms with Gasteiger partial charge in [-0.3, -0.25) is 19.2 Å². The van der Waals surface area contributed by atoms with Crippen LogP contribution in [0.15, 0.2) is 60.6 Å². The highest BCUT2D eigenvalue weighted by Gasteiger charge is 2.80. The van der Waals surface area contributed by atoms with Crippen molar-refractivity contribution < 1.29 is 57.1 Å². The number of fused-ring (bicyclic) bond motifs is 6. The van der Waals surface area contributed by atoms with Gasteiger partial charge in [0.05, 0.1) is 32.3 Å². The average molecular weight is 697 g/mol. The van der Waals surface area contributed by atoms with E-state index in [-0.39, 0.29) is 34.1 Å². The third-order valence-electron chi connectivity index (χ3n) is 8.70. The Morgan fingerprint density at radius 2 is 1.50 bits per heavy atom. The Kier molecular flexibility index (Phi) is 7.54. The van der Waals surface area contributed by atoms with E-state index in [0.29, 0.717) is 5.56 Å². The Morgan fingerprint density at radius 1 is 0.854 bits per heavy atom. The Labute approximate surface area is 281 Å². The van der Waals surface area contributed by atoms with Gasteiger partial charge in [0.25, 0.3) is 11.8 Å². The molecule has 16 heteroatoms. The van der Waals surface area contributed by atoms with Crippen LogP contribution in [-0.4, -0.2) is 88.8 Å². The number of rotatable bonds is 4. The number of esters is 3. The summed E-state index contributed by atoms with van der Waals surface area (Å²) >= 11 is 0. The third kappa shape index (κ3) is 4.38. The minimum absolute atomic E-state index is 0.0747. The van der Waals surface area contributed by atoms with E-state index in [0.717, 1.165) is 21.6 Å². The van der Waals surface area contributed by atoms with Gasteiger partial charge in [0.2, 0.25) is 9.74 Å². The molecule has 6 heterocycles. The van der Waals surface area contributed by atoms with E-state index in [1.807, 2.05) is 0 Å². The van der Waals surface area contributed by atoms with Gasteiger partial charge >= 0.3 is 17.9 Å². The molecule has 6 unspecified atom stereocenters. The van der Waals surface area contributed by atoms with Gasteiger partial charge in [-0.15, -0.1) is 0 Å². The zero-order valence-electron chi connectivity index (χ0n) is 26.1. The van der Waals surface area contributed by atoms with Crippen molar-refractivity contribution in [2.24, 2.45) is 0 Å². The fourth-order valence-corrected chi connectivity index (χ4v) is 10.6. The van der Waals surface area contributed by atoms with Gasteiger partial charge in [-0.25, -0.2) is 4.79 Å². The zero-order chi connectivity index (χ0) is 34.1. The molecule has 4 fully saturated rings. The second-order valence-electron chi connectivity index (χ2n) is 11.4. The first kappa shape index (κ1) is 31.8. The summed E-state index contributed by atoms with van der Waals surface area (Å²) in [6.45, 7) is 2.38. The Hall–Kier alpha value is -4.83. The lowest BCUT2D eigenvalue weighted by atomic mass is 9.93. The first-order chi connectivity index (χ1) is 23.0. The quantitative estimate of drug-likeness (QED) is 0.260. The predicted molar refractivity (Wildman–Crippen MR) is 168 cm³/mol. The monoisotopic (exact) mass is 696 g/mol. The lowest BCUT2D eigenvalue weighted by Crippen LogP contribution is -2.79. The summed E-state index contributed by atoms with van der Waals surface area (Å²) in [5.41, 5.74) is 0.583. The first-order valence-corrected chi connectivity index (χ1v) is 16.7. The molecule has 7 bridgehead atoms. The molecule has 0 radical (unpaired) electrons. The molecule has 0 aromatic heterocycles. The maximum Gasteiger partial charge on any atom is 0.338 e. The fraction of sp³-hybridized carbons (Fsp3) is 0.344.